The molecule has 0 amide bonds. The molecule has 1 aromatic carbocycles. The fourth-order valence-corrected chi connectivity index (χ4v) is 2.11. The van der Waals surface area contributed by atoms with E-state index >= 15 is 0 Å². The molecule has 2 unspecified atom stereocenters. The van der Waals surface area contributed by atoms with E-state index in [0.717, 1.165) is 17.0 Å². The Balaban J connectivity index is 2.15. The Hall–Kier alpha value is -1.02. The van der Waals surface area contributed by atoms with E-state index < -0.39 is 0 Å². The van der Waals surface area contributed by atoms with Crippen LogP contribution in [-0.4, -0.2) is 12.6 Å². The Morgan fingerprint density at radius 2 is 2.27 bits per heavy atom. The Morgan fingerprint density at radius 3 is 2.93 bits per heavy atom. The van der Waals surface area contributed by atoms with Crippen LogP contribution in [0.5, 0.6) is 0 Å². The number of hydrogen-bond donors (Lipinski definition) is 0. The summed E-state index contributed by atoms with van der Waals surface area (Å²) in [6, 6.07) is 7.75. The number of benzene rings is 1. The normalized spacial score (nSPS) is 26.1. The van der Waals surface area contributed by atoms with Crippen molar-refractivity contribution in [1.82, 2.24) is 0 Å². The Bertz CT molecular complexity index is 376. The quantitative estimate of drug-likeness (QED) is 0.686. The van der Waals surface area contributed by atoms with Crippen LogP contribution in [0.3, 0.4) is 0 Å². The van der Waals surface area contributed by atoms with Crippen LogP contribution in [0.1, 0.15) is 24.8 Å². The van der Waals surface area contributed by atoms with Crippen molar-refractivity contribution in [2.75, 3.05) is 6.61 Å². The van der Waals surface area contributed by atoms with Crippen LogP contribution in [-0.2, 0) is 9.53 Å². The first-order valence-electron chi connectivity index (χ1n) is 5.09. The summed E-state index contributed by atoms with van der Waals surface area (Å²) in [6.45, 7) is 2.38. The number of cyclic esters (lactones) is 1. The molecule has 1 heterocycles. The number of halogens is 1. The van der Waals surface area contributed by atoms with Gasteiger partial charge in [0.2, 0.25) is 0 Å². The van der Waals surface area contributed by atoms with Gasteiger partial charge in [-0.3, -0.25) is 4.79 Å². The van der Waals surface area contributed by atoms with Gasteiger partial charge < -0.3 is 4.74 Å². The van der Waals surface area contributed by atoms with Crippen LogP contribution in [0.2, 0.25) is 5.02 Å². The number of carbonyl (C=O) groups excluding carboxylic acids is 1. The Kier molecular flexibility index (Phi) is 2.96. The van der Waals surface area contributed by atoms with Crippen molar-refractivity contribution in [2.45, 2.75) is 19.3 Å². The van der Waals surface area contributed by atoms with E-state index in [1.165, 1.54) is 0 Å². The number of rotatable bonds is 1. The zero-order valence-corrected chi connectivity index (χ0v) is 9.33. The molecule has 1 aliphatic heterocycles. The smallest absolute Gasteiger partial charge is 0.308 e. The molecule has 2 nitrogen and oxygen atoms in total. The van der Waals surface area contributed by atoms with Crippen molar-refractivity contribution >= 4 is 17.6 Å². The van der Waals surface area contributed by atoms with Gasteiger partial charge in [0.1, 0.15) is 0 Å². The van der Waals surface area contributed by atoms with E-state index in [-0.39, 0.29) is 17.8 Å². The molecule has 15 heavy (non-hydrogen) atoms. The van der Waals surface area contributed by atoms with Crippen LogP contribution in [0, 0.1) is 5.92 Å². The minimum atomic E-state index is -0.0896. The first-order valence-corrected chi connectivity index (χ1v) is 5.46. The molecule has 1 fully saturated rings. The third kappa shape index (κ3) is 2.32. The highest BCUT2D eigenvalue weighted by atomic mass is 35.5. The average Bonchev–Trinajstić information content (AvgIpc) is 2.22. The largest absolute Gasteiger partial charge is 0.465 e. The van der Waals surface area contributed by atoms with E-state index in [0.29, 0.717) is 6.61 Å². The summed E-state index contributed by atoms with van der Waals surface area (Å²) in [4.78, 5) is 11.2. The van der Waals surface area contributed by atoms with Crippen LogP contribution in [0.25, 0.3) is 0 Å². The van der Waals surface area contributed by atoms with Gasteiger partial charge in [0.25, 0.3) is 0 Å². The molecule has 0 spiro atoms. The first kappa shape index (κ1) is 10.5. The van der Waals surface area contributed by atoms with Gasteiger partial charge >= 0.3 is 5.97 Å². The summed E-state index contributed by atoms with van der Waals surface area (Å²) in [7, 11) is 0. The lowest BCUT2D eigenvalue weighted by Crippen LogP contribution is -2.27. The first-order chi connectivity index (χ1) is 7.16. The third-order valence-electron chi connectivity index (χ3n) is 2.79. The van der Waals surface area contributed by atoms with Gasteiger partial charge in [-0.1, -0.05) is 30.7 Å². The van der Waals surface area contributed by atoms with Crippen molar-refractivity contribution in [3.8, 4) is 0 Å². The minimum Gasteiger partial charge on any atom is -0.465 e. The van der Waals surface area contributed by atoms with Gasteiger partial charge in [0.05, 0.1) is 12.5 Å². The monoisotopic (exact) mass is 224 g/mol. The van der Waals surface area contributed by atoms with E-state index in [9.17, 15) is 4.79 Å². The molecular formula is C12H13ClO2. The number of ether oxygens (including phenoxy) is 1. The third-order valence-corrected chi connectivity index (χ3v) is 3.02. The number of esters is 1. The number of hydrogen-bond acceptors (Lipinski definition) is 2. The van der Waals surface area contributed by atoms with E-state index in [1.54, 1.807) is 0 Å². The van der Waals surface area contributed by atoms with Gasteiger partial charge in [-0.2, -0.15) is 0 Å². The molecular weight excluding hydrogens is 212 g/mol. The van der Waals surface area contributed by atoms with Crippen LogP contribution in [0.4, 0.5) is 0 Å². The predicted molar refractivity (Wildman–Crippen MR) is 58.9 cm³/mol. The molecule has 0 N–H and O–H groups in total. The highest BCUT2D eigenvalue weighted by Crippen LogP contribution is 2.30. The Morgan fingerprint density at radius 1 is 1.47 bits per heavy atom. The standard InChI is InChI=1S/C12H13ClO2/c1-8-5-10(7-15-12(8)14)9-3-2-4-11(13)6-9/h2-4,6,8,10H,5,7H2,1H3. The fraction of sp³-hybridized carbons (Fsp3) is 0.417. The highest BCUT2D eigenvalue weighted by molar-refractivity contribution is 6.30. The van der Waals surface area contributed by atoms with Crippen molar-refractivity contribution in [2.24, 2.45) is 5.92 Å². The van der Waals surface area contributed by atoms with E-state index in [4.69, 9.17) is 16.3 Å². The summed E-state index contributed by atoms with van der Waals surface area (Å²) in [6.07, 6.45) is 0.846. The summed E-state index contributed by atoms with van der Waals surface area (Å²) in [5, 5.41) is 0.733. The summed E-state index contributed by atoms with van der Waals surface area (Å²) < 4.78 is 5.11. The van der Waals surface area contributed by atoms with Crippen molar-refractivity contribution in [3.63, 3.8) is 0 Å². The topological polar surface area (TPSA) is 26.3 Å². The second-order valence-electron chi connectivity index (χ2n) is 4.02. The molecule has 2 rings (SSSR count). The molecule has 0 bridgehead atoms. The maximum atomic E-state index is 11.2. The van der Waals surface area contributed by atoms with Gasteiger partial charge in [-0.05, 0) is 24.1 Å². The SMILES string of the molecule is CC1CC(c2cccc(Cl)c2)COC1=O. The van der Waals surface area contributed by atoms with Gasteiger partial charge in [-0.25, -0.2) is 0 Å². The lowest BCUT2D eigenvalue weighted by molar-refractivity contribution is -0.153. The molecule has 0 aliphatic carbocycles. The molecule has 0 radical (unpaired) electrons. The molecule has 3 heteroatoms. The zero-order valence-electron chi connectivity index (χ0n) is 8.57. The fourth-order valence-electron chi connectivity index (χ4n) is 1.91. The van der Waals surface area contributed by atoms with Crippen molar-refractivity contribution < 1.29 is 9.53 Å². The van der Waals surface area contributed by atoms with Gasteiger partial charge in [0.15, 0.2) is 0 Å². The second kappa shape index (κ2) is 4.23. The minimum absolute atomic E-state index is 0.0114. The molecule has 1 aromatic rings. The highest BCUT2D eigenvalue weighted by Gasteiger charge is 2.27. The van der Waals surface area contributed by atoms with Crippen molar-refractivity contribution in [1.29, 1.82) is 0 Å². The lowest BCUT2D eigenvalue weighted by atomic mass is 9.88. The molecule has 0 saturated carbocycles. The zero-order chi connectivity index (χ0) is 10.8. The molecule has 80 valence electrons. The average molecular weight is 225 g/mol. The van der Waals surface area contributed by atoms with Crippen LogP contribution in [0.15, 0.2) is 24.3 Å². The van der Waals surface area contributed by atoms with Crippen molar-refractivity contribution in [3.05, 3.63) is 34.9 Å². The van der Waals surface area contributed by atoms with E-state index in [1.807, 2.05) is 31.2 Å². The molecule has 1 aliphatic rings. The summed E-state index contributed by atoms with van der Waals surface area (Å²) >= 11 is 5.92. The predicted octanol–water partition coefficient (Wildman–Crippen LogP) is 3.01. The maximum absolute atomic E-state index is 11.2. The van der Waals surface area contributed by atoms with Gasteiger partial charge in [0, 0.05) is 10.9 Å². The second-order valence-corrected chi connectivity index (χ2v) is 4.46. The maximum Gasteiger partial charge on any atom is 0.308 e. The summed E-state index contributed by atoms with van der Waals surface area (Å²) in [5.74, 6) is 0.187. The Labute approximate surface area is 94.2 Å². The van der Waals surface area contributed by atoms with E-state index in [2.05, 4.69) is 0 Å². The van der Waals surface area contributed by atoms with Crippen LogP contribution < -0.4 is 0 Å². The molecule has 0 aromatic heterocycles. The van der Waals surface area contributed by atoms with Crippen LogP contribution >= 0.6 is 11.6 Å². The number of carbonyl (C=O) groups is 1. The van der Waals surface area contributed by atoms with Gasteiger partial charge in [-0.15, -0.1) is 0 Å². The lowest BCUT2D eigenvalue weighted by Gasteiger charge is -2.26. The molecule has 1 saturated heterocycles. The molecule has 2 atom stereocenters. The summed E-state index contributed by atoms with van der Waals surface area (Å²) in [5.41, 5.74) is 1.15.